The van der Waals surface area contributed by atoms with Gasteiger partial charge in [-0.2, -0.15) is 0 Å². The van der Waals surface area contributed by atoms with E-state index in [0.717, 1.165) is 24.4 Å². The van der Waals surface area contributed by atoms with Gasteiger partial charge in [-0.1, -0.05) is 59.1 Å². The van der Waals surface area contributed by atoms with Crippen molar-refractivity contribution < 1.29 is 0 Å². The monoisotopic (exact) mass is 369 g/mol. The van der Waals surface area contributed by atoms with Crippen molar-refractivity contribution in [1.82, 2.24) is 0 Å². The van der Waals surface area contributed by atoms with Crippen molar-refractivity contribution in [1.29, 1.82) is 0 Å². The Hall–Kier alpha value is -0.600. The third-order valence-corrected chi connectivity index (χ3v) is 4.27. The molecule has 2 atom stereocenters. The molecule has 0 spiro atoms. The predicted molar refractivity (Wildman–Crippen MR) is 99.4 cm³/mol. The van der Waals surface area contributed by atoms with Gasteiger partial charge in [0.05, 0.1) is 4.83 Å². The van der Waals surface area contributed by atoms with E-state index in [1.807, 2.05) is 19.2 Å². The molecule has 0 saturated carbocycles. The van der Waals surface area contributed by atoms with Gasteiger partial charge in [0.2, 0.25) is 0 Å². The molecule has 0 heterocycles. The number of alkyl halides is 1. The topological polar surface area (TPSA) is 12.4 Å². The van der Waals surface area contributed by atoms with E-state index in [-0.39, 0.29) is 0 Å². The molecular formula is C18H25BrClN. The molecule has 1 aromatic rings. The molecule has 3 heteroatoms. The Kier molecular flexibility index (Phi) is 8.28. The zero-order chi connectivity index (χ0) is 15.8. The van der Waals surface area contributed by atoms with Gasteiger partial charge in [-0.25, -0.2) is 0 Å². The van der Waals surface area contributed by atoms with Gasteiger partial charge >= 0.3 is 0 Å². The van der Waals surface area contributed by atoms with E-state index in [2.05, 4.69) is 59.9 Å². The Balaban J connectivity index is 2.81. The zero-order valence-corrected chi connectivity index (χ0v) is 15.7. The van der Waals surface area contributed by atoms with Crippen molar-refractivity contribution in [3.8, 4) is 0 Å². The lowest BCUT2D eigenvalue weighted by Crippen LogP contribution is -2.02. The molecule has 0 aromatic heterocycles. The first kappa shape index (κ1) is 18.4. The van der Waals surface area contributed by atoms with E-state index < -0.39 is 0 Å². The van der Waals surface area contributed by atoms with Gasteiger partial charge in [0.1, 0.15) is 0 Å². The number of aryl methyl sites for hydroxylation is 1. The first-order chi connectivity index (χ1) is 9.97. The number of allylic oxidation sites excluding steroid dienone is 2. The molecule has 0 saturated heterocycles. The maximum atomic E-state index is 6.09. The van der Waals surface area contributed by atoms with Crippen LogP contribution in [0.5, 0.6) is 0 Å². The molecule has 0 amide bonds. The molecule has 21 heavy (non-hydrogen) atoms. The summed E-state index contributed by atoms with van der Waals surface area (Å²) < 4.78 is 0. The average molecular weight is 371 g/mol. The summed E-state index contributed by atoms with van der Waals surface area (Å²) in [5.74, 6) is 0.403. The Morgan fingerprint density at radius 1 is 1.38 bits per heavy atom. The maximum Gasteiger partial charge on any atom is 0.0531 e. The fraction of sp³-hybridized carbons (Fsp3) is 0.500. The van der Waals surface area contributed by atoms with Gasteiger partial charge in [0.25, 0.3) is 0 Å². The Morgan fingerprint density at radius 3 is 2.71 bits per heavy atom. The third-order valence-electron chi connectivity index (χ3n) is 3.48. The molecule has 0 N–H and O–H groups in total. The Labute approximate surface area is 142 Å². The van der Waals surface area contributed by atoms with Crippen molar-refractivity contribution in [2.45, 2.75) is 51.3 Å². The summed E-state index contributed by atoms with van der Waals surface area (Å²) in [6.07, 6.45) is 6.33. The van der Waals surface area contributed by atoms with Crippen LogP contribution in [0.1, 0.15) is 51.2 Å². The number of aliphatic imine (C=N–C) groups is 1. The third kappa shape index (κ3) is 6.36. The SMILES string of the molecule is CCN=CC(Br)C/C(C)=C/[C@H](C)c1ccc(Cl)cc1CC. The second-order valence-corrected chi connectivity index (χ2v) is 6.98. The molecule has 0 aliphatic heterocycles. The molecule has 1 nitrogen and oxygen atoms in total. The quantitative estimate of drug-likeness (QED) is 0.308. The van der Waals surface area contributed by atoms with Gasteiger partial charge in [-0.05, 0) is 55.9 Å². The van der Waals surface area contributed by atoms with Crippen LogP contribution >= 0.6 is 27.5 Å². The van der Waals surface area contributed by atoms with E-state index in [0.29, 0.717) is 10.7 Å². The highest BCUT2D eigenvalue weighted by Gasteiger charge is 2.09. The first-order valence-electron chi connectivity index (χ1n) is 7.57. The highest BCUT2D eigenvalue weighted by molar-refractivity contribution is 9.10. The van der Waals surface area contributed by atoms with Gasteiger partial charge in [0.15, 0.2) is 0 Å². The van der Waals surface area contributed by atoms with Gasteiger partial charge in [0, 0.05) is 17.8 Å². The minimum atomic E-state index is 0.316. The summed E-state index contributed by atoms with van der Waals surface area (Å²) >= 11 is 9.74. The summed E-state index contributed by atoms with van der Waals surface area (Å²) in [5.41, 5.74) is 4.08. The van der Waals surface area contributed by atoms with E-state index in [4.69, 9.17) is 11.6 Å². The van der Waals surface area contributed by atoms with Crippen molar-refractivity contribution in [2.75, 3.05) is 6.54 Å². The molecule has 0 aliphatic carbocycles. The lowest BCUT2D eigenvalue weighted by molar-refractivity contribution is 0.900. The molecule has 0 bridgehead atoms. The number of halogens is 2. The molecule has 0 fully saturated rings. The van der Waals surface area contributed by atoms with Crippen LogP contribution in [-0.4, -0.2) is 17.6 Å². The van der Waals surface area contributed by atoms with E-state index in [1.165, 1.54) is 16.7 Å². The summed E-state index contributed by atoms with van der Waals surface area (Å²) in [4.78, 5) is 4.60. The number of rotatable bonds is 7. The number of hydrogen-bond donors (Lipinski definition) is 0. The summed E-state index contributed by atoms with van der Waals surface area (Å²) in [7, 11) is 0. The number of nitrogens with zero attached hydrogens (tertiary/aromatic N) is 1. The molecule has 0 radical (unpaired) electrons. The normalized spacial score (nSPS) is 15.4. The van der Waals surface area contributed by atoms with Crippen LogP contribution in [0.3, 0.4) is 0 Å². The maximum absolute atomic E-state index is 6.09. The largest absolute Gasteiger partial charge is 0.297 e. The van der Waals surface area contributed by atoms with Crippen LogP contribution in [0.25, 0.3) is 0 Å². The second-order valence-electron chi connectivity index (χ2n) is 5.37. The number of hydrogen-bond acceptors (Lipinski definition) is 1. The van der Waals surface area contributed by atoms with Gasteiger partial charge in [-0.15, -0.1) is 0 Å². The van der Waals surface area contributed by atoms with Crippen LogP contribution in [0, 0.1) is 0 Å². The van der Waals surface area contributed by atoms with Crippen molar-refractivity contribution in [2.24, 2.45) is 4.99 Å². The van der Waals surface area contributed by atoms with Crippen LogP contribution in [-0.2, 0) is 6.42 Å². The summed E-state index contributed by atoms with van der Waals surface area (Å²) in [6.45, 7) is 9.50. The van der Waals surface area contributed by atoms with Crippen molar-refractivity contribution in [3.63, 3.8) is 0 Å². The Morgan fingerprint density at radius 2 is 2.10 bits per heavy atom. The lowest BCUT2D eigenvalue weighted by Gasteiger charge is -2.15. The molecular weight excluding hydrogens is 346 g/mol. The second kappa shape index (κ2) is 9.42. The van der Waals surface area contributed by atoms with E-state index >= 15 is 0 Å². The van der Waals surface area contributed by atoms with Gasteiger partial charge in [-0.3, -0.25) is 4.99 Å². The molecule has 116 valence electrons. The van der Waals surface area contributed by atoms with E-state index in [9.17, 15) is 0 Å². The van der Waals surface area contributed by atoms with Crippen molar-refractivity contribution >= 4 is 33.7 Å². The molecule has 1 rings (SSSR count). The summed E-state index contributed by atoms with van der Waals surface area (Å²) in [5, 5.41) is 0.819. The van der Waals surface area contributed by atoms with Gasteiger partial charge < -0.3 is 0 Å². The minimum Gasteiger partial charge on any atom is -0.297 e. The van der Waals surface area contributed by atoms with Crippen molar-refractivity contribution in [3.05, 3.63) is 46.0 Å². The smallest absolute Gasteiger partial charge is 0.0531 e. The first-order valence-corrected chi connectivity index (χ1v) is 8.86. The highest BCUT2D eigenvalue weighted by Crippen LogP contribution is 2.26. The lowest BCUT2D eigenvalue weighted by atomic mass is 9.92. The van der Waals surface area contributed by atoms with Crippen LogP contribution in [0.15, 0.2) is 34.8 Å². The van der Waals surface area contributed by atoms with E-state index in [1.54, 1.807) is 0 Å². The standard InChI is InChI=1S/C18H25BrClN/c1-5-15-11-17(20)7-8-18(15)14(4)9-13(3)10-16(19)12-21-6-2/h7-9,11-12,14,16H,5-6,10H2,1-4H3/b13-9+,21-12?/t14-,16?/m0/s1. The predicted octanol–water partition coefficient (Wildman–Crippen LogP) is 6.20. The highest BCUT2D eigenvalue weighted by atomic mass is 79.9. The minimum absolute atomic E-state index is 0.316. The van der Waals surface area contributed by atoms with Crippen LogP contribution in [0.4, 0.5) is 0 Å². The Bertz CT molecular complexity index is 508. The number of benzene rings is 1. The molecule has 1 unspecified atom stereocenters. The fourth-order valence-electron chi connectivity index (χ4n) is 2.49. The molecule has 0 aliphatic rings. The van der Waals surface area contributed by atoms with Crippen LogP contribution in [0.2, 0.25) is 5.02 Å². The fourth-order valence-corrected chi connectivity index (χ4v) is 3.36. The average Bonchev–Trinajstić information content (AvgIpc) is 2.44. The summed E-state index contributed by atoms with van der Waals surface area (Å²) in [6, 6.07) is 6.22. The zero-order valence-electron chi connectivity index (χ0n) is 13.4. The van der Waals surface area contributed by atoms with Crippen LogP contribution < -0.4 is 0 Å². The molecule has 1 aromatic carbocycles.